The molecule has 0 bridgehead atoms. The largest absolute Gasteiger partial charge is 0.341 e. The second-order valence-electron chi connectivity index (χ2n) is 7.06. The molecule has 1 fully saturated rings. The summed E-state index contributed by atoms with van der Waals surface area (Å²) in [5, 5.41) is 8.31. The maximum Gasteiger partial charge on any atom is 0.252 e. The fraction of sp³-hybridized carbons (Fsp3) is 0.471. The van der Waals surface area contributed by atoms with Crippen LogP contribution in [0.4, 0.5) is 14.6 Å². The number of aryl methyl sites for hydroxylation is 1. The third-order valence-corrected chi connectivity index (χ3v) is 5.31. The van der Waals surface area contributed by atoms with E-state index in [-0.39, 0.29) is 24.9 Å². The minimum atomic E-state index is -2.62. The van der Waals surface area contributed by atoms with Gasteiger partial charge in [0.2, 0.25) is 5.95 Å². The summed E-state index contributed by atoms with van der Waals surface area (Å²) in [6.07, 6.45) is 7.01. The van der Waals surface area contributed by atoms with Crippen molar-refractivity contribution in [1.82, 2.24) is 34.3 Å². The Balaban J connectivity index is 1.71. The zero-order chi connectivity index (χ0) is 18.8. The molecule has 27 heavy (non-hydrogen) atoms. The van der Waals surface area contributed by atoms with Crippen molar-refractivity contribution in [3.05, 3.63) is 36.6 Å². The number of fused-ring (bicyclic) bond motifs is 3. The van der Waals surface area contributed by atoms with Gasteiger partial charge in [-0.15, -0.1) is 10.2 Å². The topological polar surface area (TPSA) is 77.5 Å². The van der Waals surface area contributed by atoms with E-state index in [2.05, 4.69) is 20.2 Å². The number of nitrogens with zero attached hydrogens (tertiary/aromatic N) is 8. The minimum Gasteiger partial charge on any atom is -0.341 e. The molecular formula is C17H18F2N8. The van der Waals surface area contributed by atoms with Crippen LogP contribution >= 0.6 is 0 Å². The maximum atomic E-state index is 13.7. The van der Waals surface area contributed by atoms with Gasteiger partial charge >= 0.3 is 0 Å². The molecular weight excluding hydrogens is 354 g/mol. The molecule has 3 aromatic rings. The fourth-order valence-corrected chi connectivity index (χ4v) is 4.04. The molecule has 10 heteroatoms. The third kappa shape index (κ3) is 2.35. The number of halogens is 2. The van der Waals surface area contributed by atoms with Crippen LogP contribution in [0.15, 0.2) is 25.0 Å². The van der Waals surface area contributed by atoms with Crippen molar-refractivity contribution >= 4 is 5.82 Å². The average molecular weight is 372 g/mol. The van der Waals surface area contributed by atoms with E-state index in [1.807, 2.05) is 23.3 Å². The van der Waals surface area contributed by atoms with Crippen LogP contribution in [-0.4, -0.2) is 46.2 Å². The zero-order valence-corrected chi connectivity index (χ0v) is 14.9. The Morgan fingerprint density at radius 1 is 1.22 bits per heavy atom. The van der Waals surface area contributed by atoms with E-state index < -0.39 is 5.92 Å². The lowest BCUT2D eigenvalue weighted by Crippen LogP contribution is -2.54. The Morgan fingerprint density at radius 3 is 2.70 bits per heavy atom. The summed E-state index contributed by atoms with van der Waals surface area (Å²) in [5.74, 6) is -0.775. The molecule has 1 aliphatic heterocycles. The number of alkyl halides is 2. The second kappa shape index (κ2) is 5.54. The van der Waals surface area contributed by atoms with Crippen LogP contribution in [0.25, 0.3) is 11.6 Å². The lowest BCUT2D eigenvalue weighted by Gasteiger charge is -2.48. The van der Waals surface area contributed by atoms with Gasteiger partial charge in [-0.1, -0.05) is 6.92 Å². The third-order valence-electron chi connectivity index (χ3n) is 5.31. The molecule has 3 aromatic heterocycles. The SMILES string of the molecule is CC[C@@H]1c2nncn2-c2c(C)nc(-n3ccnc3)nc2N1C1CC(F)(F)C1. The smallest absolute Gasteiger partial charge is 0.252 e. The van der Waals surface area contributed by atoms with Crippen molar-refractivity contribution < 1.29 is 8.78 Å². The molecule has 4 heterocycles. The predicted octanol–water partition coefficient (Wildman–Crippen LogP) is 2.62. The van der Waals surface area contributed by atoms with Gasteiger partial charge < -0.3 is 4.90 Å². The summed E-state index contributed by atoms with van der Waals surface area (Å²) in [6, 6.07) is -0.454. The van der Waals surface area contributed by atoms with E-state index in [0.717, 1.165) is 17.2 Å². The van der Waals surface area contributed by atoms with Crippen molar-refractivity contribution in [2.45, 2.75) is 51.1 Å². The number of hydrogen-bond acceptors (Lipinski definition) is 6. The van der Waals surface area contributed by atoms with Gasteiger partial charge in [-0.05, 0) is 13.3 Å². The predicted molar refractivity (Wildman–Crippen MR) is 92.3 cm³/mol. The lowest BCUT2D eigenvalue weighted by molar-refractivity contribution is -0.0878. The van der Waals surface area contributed by atoms with E-state index in [9.17, 15) is 8.78 Å². The summed E-state index contributed by atoms with van der Waals surface area (Å²) in [6.45, 7) is 3.90. The first-order chi connectivity index (χ1) is 13.0. The van der Waals surface area contributed by atoms with Crippen molar-refractivity contribution in [1.29, 1.82) is 0 Å². The first kappa shape index (κ1) is 16.3. The monoisotopic (exact) mass is 372 g/mol. The van der Waals surface area contributed by atoms with Crippen molar-refractivity contribution in [3.63, 3.8) is 0 Å². The molecule has 140 valence electrons. The molecule has 5 rings (SSSR count). The van der Waals surface area contributed by atoms with E-state index in [4.69, 9.17) is 4.98 Å². The Bertz CT molecular complexity index is 989. The summed E-state index contributed by atoms with van der Waals surface area (Å²) in [4.78, 5) is 15.4. The van der Waals surface area contributed by atoms with Crippen LogP contribution in [0, 0.1) is 6.92 Å². The van der Waals surface area contributed by atoms with Gasteiger partial charge in [0.05, 0.1) is 11.7 Å². The highest BCUT2D eigenvalue weighted by atomic mass is 19.3. The van der Waals surface area contributed by atoms with Gasteiger partial charge in [-0.3, -0.25) is 9.13 Å². The number of imidazole rings is 1. The molecule has 8 nitrogen and oxygen atoms in total. The molecule has 0 aromatic carbocycles. The van der Waals surface area contributed by atoms with Crippen LogP contribution in [0.1, 0.15) is 43.7 Å². The minimum absolute atomic E-state index is 0.161. The lowest BCUT2D eigenvalue weighted by atomic mass is 9.85. The van der Waals surface area contributed by atoms with Crippen LogP contribution < -0.4 is 4.90 Å². The normalized spacial score (nSPS) is 20.9. The number of anilines is 1. The molecule has 2 aliphatic rings. The van der Waals surface area contributed by atoms with Crippen LogP contribution in [0.5, 0.6) is 0 Å². The first-order valence-corrected chi connectivity index (χ1v) is 8.92. The summed E-state index contributed by atoms with van der Waals surface area (Å²) in [5.41, 5.74) is 1.48. The molecule has 0 spiro atoms. The Morgan fingerprint density at radius 2 is 2.04 bits per heavy atom. The van der Waals surface area contributed by atoms with Gasteiger partial charge in [0.1, 0.15) is 18.3 Å². The van der Waals surface area contributed by atoms with Gasteiger partial charge in [0.15, 0.2) is 11.6 Å². The standard InChI is InChI=1S/C17H18F2N8/c1-3-12-14-24-21-9-26(14)13-10(2)22-16(25-5-4-20-8-25)23-15(13)27(12)11-6-17(18,19)7-11/h4-5,8-9,11-12H,3,6-7H2,1-2H3/t12-/m1/s1. The Hall–Kier alpha value is -2.91. The number of hydrogen-bond donors (Lipinski definition) is 0. The Kier molecular flexibility index (Phi) is 3.34. The second-order valence-corrected chi connectivity index (χ2v) is 7.06. The van der Waals surface area contributed by atoms with Gasteiger partial charge in [-0.25, -0.2) is 18.7 Å². The van der Waals surface area contributed by atoms with Crippen molar-refractivity contribution in [2.24, 2.45) is 0 Å². The number of aromatic nitrogens is 7. The highest BCUT2D eigenvalue weighted by Gasteiger charge is 2.52. The maximum absolute atomic E-state index is 13.7. The van der Waals surface area contributed by atoms with Crippen molar-refractivity contribution in [3.8, 4) is 11.6 Å². The quantitative estimate of drug-likeness (QED) is 0.703. The van der Waals surface area contributed by atoms with Crippen LogP contribution in [0.3, 0.4) is 0 Å². The molecule has 0 N–H and O–H groups in total. The van der Waals surface area contributed by atoms with Crippen LogP contribution in [0.2, 0.25) is 0 Å². The van der Waals surface area contributed by atoms with Crippen molar-refractivity contribution in [2.75, 3.05) is 4.90 Å². The highest BCUT2D eigenvalue weighted by molar-refractivity contribution is 5.65. The molecule has 0 radical (unpaired) electrons. The van der Waals surface area contributed by atoms with E-state index in [1.165, 1.54) is 0 Å². The fourth-order valence-electron chi connectivity index (χ4n) is 4.04. The first-order valence-electron chi connectivity index (χ1n) is 8.92. The van der Waals surface area contributed by atoms with E-state index in [1.54, 1.807) is 29.6 Å². The van der Waals surface area contributed by atoms with Gasteiger partial charge in [-0.2, -0.15) is 4.98 Å². The summed E-state index contributed by atoms with van der Waals surface area (Å²) in [7, 11) is 0. The molecule has 0 unspecified atom stereocenters. The zero-order valence-electron chi connectivity index (χ0n) is 14.9. The molecule has 1 aliphatic carbocycles. The Labute approximate surface area is 153 Å². The molecule has 0 saturated heterocycles. The number of rotatable bonds is 3. The summed E-state index contributed by atoms with van der Waals surface area (Å²) < 4.78 is 30.9. The van der Waals surface area contributed by atoms with Gasteiger partial charge in [0.25, 0.3) is 5.92 Å². The molecule has 1 saturated carbocycles. The van der Waals surface area contributed by atoms with Crippen LogP contribution in [-0.2, 0) is 0 Å². The average Bonchev–Trinajstić information content (AvgIpc) is 3.29. The highest BCUT2D eigenvalue weighted by Crippen LogP contribution is 2.48. The van der Waals surface area contributed by atoms with E-state index in [0.29, 0.717) is 18.2 Å². The van der Waals surface area contributed by atoms with E-state index >= 15 is 0 Å². The molecule has 0 amide bonds. The van der Waals surface area contributed by atoms with Gasteiger partial charge in [0, 0.05) is 31.3 Å². The summed E-state index contributed by atoms with van der Waals surface area (Å²) >= 11 is 0. The molecule has 1 atom stereocenters.